The van der Waals surface area contributed by atoms with Crippen molar-refractivity contribution in [2.75, 3.05) is 38.2 Å². The summed E-state index contributed by atoms with van der Waals surface area (Å²) in [6.45, 7) is 9.43. The molecule has 1 aromatic carbocycles. The van der Waals surface area contributed by atoms with Gasteiger partial charge in [-0.1, -0.05) is 26.8 Å². The van der Waals surface area contributed by atoms with Crippen LogP contribution in [-0.4, -0.2) is 51.4 Å². The van der Waals surface area contributed by atoms with Gasteiger partial charge < -0.3 is 20.3 Å². The summed E-state index contributed by atoms with van der Waals surface area (Å²) in [6.07, 6.45) is 3.23. The van der Waals surface area contributed by atoms with Crippen molar-refractivity contribution in [2.24, 2.45) is 16.3 Å². The third-order valence-electron chi connectivity index (χ3n) is 5.84. The maximum atomic E-state index is 14.1. The lowest BCUT2D eigenvalue weighted by atomic mass is 9.78. The lowest BCUT2D eigenvalue weighted by Gasteiger charge is -2.40. The highest BCUT2D eigenvalue weighted by Gasteiger charge is 2.35. The molecule has 29 heavy (non-hydrogen) atoms. The Morgan fingerprint density at radius 3 is 2.62 bits per heavy atom. The highest BCUT2D eigenvalue weighted by atomic mass is 19.1. The van der Waals surface area contributed by atoms with Gasteiger partial charge in [0.1, 0.15) is 17.3 Å². The van der Waals surface area contributed by atoms with Crippen molar-refractivity contribution < 1.29 is 13.5 Å². The minimum absolute atomic E-state index is 0.0621. The molecule has 3 unspecified atom stereocenters. The second-order valence-electron chi connectivity index (χ2n) is 9.16. The van der Waals surface area contributed by atoms with E-state index in [1.165, 1.54) is 18.2 Å². The van der Waals surface area contributed by atoms with E-state index in [2.05, 4.69) is 36.4 Å². The molecule has 162 valence electrons. The summed E-state index contributed by atoms with van der Waals surface area (Å²) in [7, 11) is 1.75. The molecule has 0 radical (unpaired) electrons. The normalized spacial score (nSPS) is 25.9. The molecule has 0 aromatic heterocycles. The van der Waals surface area contributed by atoms with E-state index in [4.69, 9.17) is 4.74 Å². The van der Waals surface area contributed by atoms with Crippen LogP contribution in [0.2, 0.25) is 0 Å². The van der Waals surface area contributed by atoms with E-state index in [0.29, 0.717) is 19.0 Å². The average molecular weight is 409 g/mol. The van der Waals surface area contributed by atoms with Crippen LogP contribution in [0.4, 0.5) is 14.5 Å². The van der Waals surface area contributed by atoms with Crippen molar-refractivity contribution in [1.29, 1.82) is 0 Å². The van der Waals surface area contributed by atoms with E-state index in [-0.39, 0.29) is 23.2 Å². The first-order valence-electron chi connectivity index (χ1n) is 10.6. The Morgan fingerprint density at radius 2 is 1.97 bits per heavy atom. The Labute approximate surface area is 172 Å². The van der Waals surface area contributed by atoms with Crippen LogP contribution in [0.5, 0.6) is 0 Å². The lowest BCUT2D eigenvalue weighted by molar-refractivity contribution is -0.0835. The van der Waals surface area contributed by atoms with E-state index in [0.717, 1.165) is 38.4 Å². The van der Waals surface area contributed by atoms with Gasteiger partial charge in [0.2, 0.25) is 0 Å². The molecule has 2 aliphatic rings. The van der Waals surface area contributed by atoms with Crippen molar-refractivity contribution in [3.63, 3.8) is 0 Å². The first kappa shape index (κ1) is 21.8. The molecule has 1 aromatic rings. The van der Waals surface area contributed by atoms with E-state index in [1.54, 1.807) is 11.9 Å². The van der Waals surface area contributed by atoms with Gasteiger partial charge in [-0.2, -0.15) is 0 Å². The van der Waals surface area contributed by atoms with Crippen molar-refractivity contribution >= 4 is 11.6 Å². The largest absolute Gasteiger partial charge is 0.377 e. The number of hydrogen-bond donors (Lipinski definition) is 2. The number of aliphatic imine (C=N–C) groups is 1. The Bertz CT molecular complexity index is 699. The number of halogens is 2. The van der Waals surface area contributed by atoms with Gasteiger partial charge in [-0.25, -0.2) is 8.78 Å². The fraction of sp³-hybridized carbons (Fsp3) is 0.682. The van der Waals surface area contributed by atoms with Crippen molar-refractivity contribution in [1.82, 2.24) is 10.6 Å². The van der Waals surface area contributed by atoms with Crippen LogP contribution in [0.15, 0.2) is 23.2 Å². The average Bonchev–Trinajstić information content (AvgIpc) is 3.12. The molecular weight excluding hydrogens is 374 g/mol. The predicted octanol–water partition coefficient (Wildman–Crippen LogP) is 3.55. The maximum Gasteiger partial charge on any atom is 0.191 e. The summed E-state index contributed by atoms with van der Waals surface area (Å²) in [5, 5.41) is 6.85. The molecular formula is C22H34F2N4O. The molecule has 0 amide bonds. The van der Waals surface area contributed by atoms with Crippen LogP contribution in [0.1, 0.15) is 40.0 Å². The van der Waals surface area contributed by atoms with Crippen LogP contribution >= 0.6 is 0 Å². The van der Waals surface area contributed by atoms with E-state index < -0.39 is 11.6 Å². The first-order valence-corrected chi connectivity index (χ1v) is 10.6. The van der Waals surface area contributed by atoms with E-state index >= 15 is 0 Å². The summed E-state index contributed by atoms with van der Waals surface area (Å²) in [4.78, 5) is 6.11. The molecule has 2 saturated heterocycles. The summed E-state index contributed by atoms with van der Waals surface area (Å²) in [6, 6.07) is 4.09. The summed E-state index contributed by atoms with van der Waals surface area (Å²) < 4.78 is 34.2. The first-order chi connectivity index (χ1) is 13.8. The molecule has 0 aliphatic carbocycles. The number of rotatable bonds is 4. The molecule has 2 heterocycles. The third-order valence-corrected chi connectivity index (χ3v) is 5.84. The molecule has 0 bridgehead atoms. The second kappa shape index (κ2) is 9.28. The molecule has 0 spiro atoms. The molecule has 7 heteroatoms. The van der Waals surface area contributed by atoms with Crippen LogP contribution in [0.25, 0.3) is 0 Å². The molecule has 3 rings (SSSR count). The molecule has 0 saturated carbocycles. The number of nitrogens with zero attached hydrogens (tertiary/aromatic N) is 2. The number of benzene rings is 1. The van der Waals surface area contributed by atoms with Gasteiger partial charge in [0.15, 0.2) is 5.96 Å². The standard InChI is InChI=1S/C22H34F2N4O/c1-22(2,3)20-15(7-6-12-29-20)13-26-21(25-4)27-16-10-11-28(14-16)19-17(23)8-5-9-18(19)24/h5,8-9,15-16,20H,6-7,10-14H2,1-4H3,(H2,25,26,27). The molecule has 3 atom stereocenters. The van der Waals surface area contributed by atoms with Crippen molar-refractivity contribution in [2.45, 2.75) is 52.2 Å². The lowest BCUT2D eigenvalue weighted by Crippen LogP contribution is -2.49. The fourth-order valence-electron chi connectivity index (χ4n) is 4.50. The number of anilines is 1. The van der Waals surface area contributed by atoms with Gasteiger partial charge >= 0.3 is 0 Å². The van der Waals surface area contributed by atoms with Gasteiger partial charge in [0.25, 0.3) is 0 Å². The van der Waals surface area contributed by atoms with Crippen LogP contribution < -0.4 is 15.5 Å². The number of guanidine groups is 1. The number of para-hydroxylation sites is 1. The van der Waals surface area contributed by atoms with E-state index in [1.807, 2.05) is 0 Å². The highest BCUT2D eigenvalue weighted by Crippen LogP contribution is 2.33. The monoisotopic (exact) mass is 408 g/mol. The molecule has 2 N–H and O–H groups in total. The van der Waals surface area contributed by atoms with Gasteiger partial charge in [-0.3, -0.25) is 4.99 Å². The highest BCUT2D eigenvalue weighted by molar-refractivity contribution is 5.80. The zero-order valence-corrected chi connectivity index (χ0v) is 18.0. The van der Waals surface area contributed by atoms with Crippen LogP contribution in [0.3, 0.4) is 0 Å². The maximum absolute atomic E-state index is 14.1. The number of nitrogens with one attached hydrogen (secondary N) is 2. The SMILES string of the molecule is CN=C(NCC1CCCOC1C(C)(C)C)NC1CCN(c2c(F)cccc2F)C1. The zero-order valence-electron chi connectivity index (χ0n) is 18.0. The van der Waals surface area contributed by atoms with Gasteiger partial charge in [-0.05, 0) is 36.8 Å². The quantitative estimate of drug-likeness (QED) is 0.591. The van der Waals surface area contributed by atoms with Crippen LogP contribution in [-0.2, 0) is 4.74 Å². The van der Waals surface area contributed by atoms with Gasteiger partial charge in [0.05, 0.1) is 6.10 Å². The number of ether oxygens (including phenoxy) is 1. The summed E-state index contributed by atoms with van der Waals surface area (Å²) in [5.74, 6) is 0.122. The van der Waals surface area contributed by atoms with Gasteiger partial charge in [0, 0.05) is 45.2 Å². The predicted molar refractivity (Wildman–Crippen MR) is 113 cm³/mol. The van der Waals surface area contributed by atoms with Crippen molar-refractivity contribution in [3.8, 4) is 0 Å². The topological polar surface area (TPSA) is 48.9 Å². The van der Waals surface area contributed by atoms with Crippen molar-refractivity contribution in [3.05, 3.63) is 29.8 Å². The Kier molecular flexibility index (Phi) is 6.98. The smallest absolute Gasteiger partial charge is 0.191 e. The molecule has 5 nitrogen and oxygen atoms in total. The Balaban J connectivity index is 1.54. The van der Waals surface area contributed by atoms with Gasteiger partial charge in [-0.15, -0.1) is 0 Å². The fourth-order valence-corrected chi connectivity index (χ4v) is 4.50. The molecule has 2 fully saturated rings. The zero-order chi connectivity index (χ0) is 21.0. The third kappa shape index (κ3) is 5.38. The number of hydrogen-bond acceptors (Lipinski definition) is 3. The summed E-state index contributed by atoms with van der Waals surface area (Å²) >= 11 is 0. The second-order valence-corrected chi connectivity index (χ2v) is 9.16. The van der Waals surface area contributed by atoms with E-state index in [9.17, 15) is 8.78 Å². The summed E-state index contributed by atoms with van der Waals surface area (Å²) in [5.41, 5.74) is 0.159. The minimum atomic E-state index is -0.515. The molecule has 2 aliphatic heterocycles. The van der Waals surface area contributed by atoms with Crippen LogP contribution in [0, 0.1) is 23.0 Å². The Morgan fingerprint density at radius 1 is 1.24 bits per heavy atom. The minimum Gasteiger partial charge on any atom is -0.377 e. The Hall–Kier alpha value is -1.89.